The molecule has 0 saturated carbocycles. The van der Waals surface area contributed by atoms with E-state index in [1.807, 2.05) is 18.3 Å². The molecule has 1 atom stereocenters. The zero-order chi connectivity index (χ0) is 14.7. The molecule has 0 bridgehead atoms. The van der Waals surface area contributed by atoms with Gasteiger partial charge in [-0.05, 0) is 38.6 Å². The molecule has 2 N–H and O–H groups in total. The van der Waals surface area contributed by atoms with Gasteiger partial charge < -0.3 is 20.4 Å². The van der Waals surface area contributed by atoms with E-state index in [1.165, 1.54) is 0 Å². The summed E-state index contributed by atoms with van der Waals surface area (Å²) in [5.41, 5.74) is 1.13. The van der Waals surface area contributed by atoms with Gasteiger partial charge in [0.25, 0.3) is 0 Å². The first-order valence-corrected chi connectivity index (χ1v) is 7.66. The van der Waals surface area contributed by atoms with Crippen molar-refractivity contribution < 1.29 is 4.79 Å². The molecule has 6 nitrogen and oxygen atoms in total. The molecule has 0 aromatic carbocycles. The van der Waals surface area contributed by atoms with E-state index in [-0.39, 0.29) is 11.9 Å². The van der Waals surface area contributed by atoms with Crippen LogP contribution in [0.2, 0.25) is 0 Å². The summed E-state index contributed by atoms with van der Waals surface area (Å²) in [6.45, 7) is 5.12. The standard InChI is InChI=1S/C15H23N5O/c1-19-7-9-20(10-8-19)12-4-5-14(17-11-12)18-15(21)13-3-2-6-16-13/h4-5,11,13,16H,2-3,6-10H2,1H3,(H,17,18,21). The summed E-state index contributed by atoms with van der Waals surface area (Å²) in [4.78, 5) is 21.0. The third-order valence-electron chi connectivity index (χ3n) is 4.24. The molecular weight excluding hydrogens is 266 g/mol. The molecule has 2 saturated heterocycles. The lowest BCUT2D eigenvalue weighted by Gasteiger charge is -2.33. The van der Waals surface area contributed by atoms with Crippen molar-refractivity contribution in [2.45, 2.75) is 18.9 Å². The summed E-state index contributed by atoms with van der Waals surface area (Å²) >= 11 is 0. The predicted octanol–water partition coefficient (Wildman–Crippen LogP) is 0.524. The molecule has 2 fully saturated rings. The molecule has 2 aliphatic heterocycles. The Labute approximate surface area is 125 Å². The molecule has 0 radical (unpaired) electrons. The third-order valence-corrected chi connectivity index (χ3v) is 4.24. The minimum Gasteiger partial charge on any atom is -0.368 e. The predicted molar refractivity (Wildman–Crippen MR) is 83.6 cm³/mol. The number of piperazine rings is 1. The van der Waals surface area contributed by atoms with Gasteiger partial charge in [-0.15, -0.1) is 0 Å². The molecule has 1 aromatic heterocycles. The van der Waals surface area contributed by atoms with Gasteiger partial charge in [0.05, 0.1) is 17.9 Å². The summed E-state index contributed by atoms with van der Waals surface area (Å²) in [5.74, 6) is 0.652. The van der Waals surface area contributed by atoms with E-state index in [4.69, 9.17) is 0 Å². The zero-order valence-electron chi connectivity index (χ0n) is 12.5. The van der Waals surface area contributed by atoms with E-state index in [0.717, 1.165) is 51.3 Å². The molecule has 2 aliphatic rings. The Balaban J connectivity index is 1.57. The Kier molecular flexibility index (Phi) is 4.36. The maximum Gasteiger partial charge on any atom is 0.242 e. The quantitative estimate of drug-likeness (QED) is 0.850. The van der Waals surface area contributed by atoms with Crippen molar-refractivity contribution in [2.24, 2.45) is 0 Å². The molecule has 1 amide bonds. The average molecular weight is 289 g/mol. The zero-order valence-corrected chi connectivity index (χ0v) is 12.5. The van der Waals surface area contributed by atoms with E-state index in [1.54, 1.807) is 0 Å². The molecule has 1 aromatic rings. The fourth-order valence-electron chi connectivity index (χ4n) is 2.83. The van der Waals surface area contributed by atoms with E-state index in [9.17, 15) is 4.79 Å². The Morgan fingerprint density at radius 3 is 2.76 bits per heavy atom. The van der Waals surface area contributed by atoms with Gasteiger partial charge >= 0.3 is 0 Å². The van der Waals surface area contributed by atoms with Crippen LogP contribution in [0.25, 0.3) is 0 Å². The van der Waals surface area contributed by atoms with E-state index >= 15 is 0 Å². The molecule has 6 heteroatoms. The van der Waals surface area contributed by atoms with Crippen LogP contribution < -0.4 is 15.5 Å². The maximum absolute atomic E-state index is 12.0. The van der Waals surface area contributed by atoms with Gasteiger partial charge in [-0.25, -0.2) is 4.98 Å². The number of carbonyl (C=O) groups excluding carboxylic acids is 1. The van der Waals surface area contributed by atoms with E-state index in [2.05, 4.69) is 32.5 Å². The normalized spacial score (nSPS) is 23.3. The van der Waals surface area contributed by atoms with Gasteiger partial charge in [-0.1, -0.05) is 0 Å². The van der Waals surface area contributed by atoms with Crippen LogP contribution in [-0.2, 0) is 4.79 Å². The van der Waals surface area contributed by atoms with Crippen molar-refractivity contribution in [1.29, 1.82) is 0 Å². The van der Waals surface area contributed by atoms with Crippen LogP contribution in [0.4, 0.5) is 11.5 Å². The number of anilines is 2. The first kappa shape index (κ1) is 14.3. The van der Waals surface area contributed by atoms with Crippen LogP contribution in [0.15, 0.2) is 18.3 Å². The lowest BCUT2D eigenvalue weighted by molar-refractivity contribution is -0.117. The van der Waals surface area contributed by atoms with Crippen LogP contribution in [0.3, 0.4) is 0 Å². The summed E-state index contributed by atoms with van der Waals surface area (Å²) in [6.07, 6.45) is 3.82. The maximum atomic E-state index is 12.0. The second-order valence-electron chi connectivity index (χ2n) is 5.83. The molecule has 3 heterocycles. The number of likely N-dealkylation sites (N-methyl/N-ethyl adjacent to an activating group) is 1. The minimum atomic E-state index is -0.0656. The molecule has 114 valence electrons. The smallest absolute Gasteiger partial charge is 0.242 e. The minimum absolute atomic E-state index is 0.0207. The van der Waals surface area contributed by atoms with Crippen molar-refractivity contribution in [3.05, 3.63) is 18.3 Å². The molecule has 3 rings (SSSR count). The SMILES string of the molecule is CN1CCN(c2ccc(NC(=O)C3CCCN3)nc2)CC1. The van der Waals surface area contributed by atoms with E-state index < -0.39 is 0 Å². The first-order chi connectivity index (χ1) is 10.2. The fraction of sp³-hybridized carbons (Fsp3) is 0.600. The number of hydrogen-bond donors (Lipinski definition) is 2. The average Bonchev–Trinajstić information content (AvgIpc) is 3.03. The highest BCUT2D eigenvalue weighted by molar-refractivity contribution is 5.94. The van der Waals surface area contributed by atoms with Crippen molar-refractivity contribution in [2.75, 3.05) is 50.0 Å². The van der Waals surface area contributed by atoms with Gasteiger partial charge in [0.1, 0.15) is 5.82 Å². The van der Waals surface area contributed by atoms with Crippen molar-refractivity contribution in [3.8, 4) is 0 Å². The Hall–Kier alpha value is -1.66. The highest BCUT2D eigenvalue weighted by Crippen LogP contribution is 2.17. The number of pyridine rings is 1. The second kappa shape index (κ2) is 6.41. The molecule has 1 unspecified atom stereocenters. The van der Waals surface area contributed by atoms with Crippen LogP contribution in [0, 0.1) is 0 Å². The van der Waals surface area contributed by atoms with Crippen LogP contribution in [0.5, 0.6) is 0 Å². The van der Waals surface area contributed by atoms with E-state index in [0.29, 0.717) is 5.82 Å². The van der Waals surface area contributed by atoms with Gasteiger partial charge in [0.2, 0.25) is 5.91 Å². The molecular formula is C15H23N5O. The summed E-state index contributed by atoms with van der Waals surface area (Å²) in [5, 5.41) is 6.07. The van der Waals surface area contributed by atoms with Crippen molar-refractivity contribution in [3.63, 3.8) is 0 Å². The summed E-state index contributed by atoms with van der Waals surface area (Å²) < 4.78 is 0. The Bertz CT molecular complexity index is 475. The number of amides is 1. The van der Waals surface area contributed by atoms with Crippen LogP contribution in [0.1, 0.15) is 12.8 Å². The third kappa shape index (κ3) is 3.51. The monoisotopic (exact) mass is 289 g/mol. The lowest BCUT2D eigenvalue weighted by atomic mass is 10.2. The second-order valence-corrected chi connectivity index (χ2v) is 5.83. The fourth-order valence-corrected chi connectivity index (χ4v) is 2.83. The van der Waals surface area contributed by atoms with Gasteiger partial charge in [0, 0.05) is 26.2 Å². The largest absolute Gasteiger partial charge is 0.368 e. The van der Waals surface area contributed by atoms with Gasteiger partial charge in [-0.3, -0.25) is 4.79 Å². The topological polar surface area (TPSA) is 60.5 Å². The molecule has 0 spiro atoms. The number of nitrogens with one attached hydrogen (secondary N) is 2. The number of rotatable bonds is 3. The Morgan fingerprint density at radius 1 is 1.33 bits per heavy atom. The lowest BCUT2D eigenvalue weighted by Crippen LogP contribution is -2.44. The first-order valence-electron chi connectivity index (χ1n) is 7.66. The number of nitrogens with zero attached hydrogens (tertiary/aromatic N) is 3. The number of aromatic nitrogens is 1. The van der Waals surface area contributed by atoms with Crippen molar-refractivity contribution in [1.82, 2.24) is 15.2 Å². The molecule has 0 aliphatic carbocycles. The van der Waals surface area contributed by atoms with Crippen molar-refractivity contribution >= 4 is 17.4 Å². The number of carbonyl (C=O) groups is 1. The van der Waals surface area contributed by atoms with Crippen LogP contribution >= 0.6 is 0 Å². The number of hydrogen-bond acceptors (Lipinski definition) is 5. The van der Waals surface area contributed by atoms with Gasteiger partial charge in [0.15, 0.2) is 0 Å². The Morgan fingerprint density at radius 2 is 2.14 bits per heavy atom. The summed E-state index contributed by atoms with van der Waals surface area (Å²) in [6, 6.07) is 3.86. The van der Waals surface area contributed by atoms with Crippen LogP contribution in [-0.4, -0.2) is 61.6 Å². The highest BCUT2D eigenvalue weighted by atomic mass is 16.2. The summed E-state index contributed by atoms with van der Waals surface area (Å²) in [7, 11) is 2.14. The highest BCUT2D eigenvalue weighted by Gasteiger charge is 2.22. The van der Waals surface area contributed by atoms with Gasteiger partial charge in [-0.2, -0.15) is 0 Å². The molecule has 21 heavy (non-hydrogen) atoms.